The minimum atomic E-state index is 0.384. The number of allylic oxidation sites excluding steroid dienone is 1. The molecule has 0 radical (unpaired) electrons. The van der Waals surface area contributed by atoms with Gasteiger partial charge in [0.15, 0.2) is 17.8 Å². The molecule has 1 aromatic carbocycles. The average Bonchev–Trinajstić information content (AvgIpc) is 2.37. The molecule has 0 fully saturated rings. The molecule has 0 bridgehead atoms. The quantitative estimate of drug-likeness (QED) is 0.737. The van der Waals surface area contributed by atoms with Crippen molar-refractivity contribution in [2.45, 2.75) is 6.92 Å². The Hall–Kier alpha value is -1.97. The minimum Gasteiger partial charge on any atom is -0.493 e. The molecule has 0 aromatic heterocycles. The standard InChI is InChI=1S/C13H16O4/c1-5-6-9-7-11(15-2)13(17-4)12(16-3)10(9)8-14/h5-8H,1-4H3. The van der Waals surface area contributed by atoms with Crippen LogP contribution in [0.15, 0.2) is 12.1 Å². The van der Waals surface area contributed by atoms with Crippen molar-refractivity contribution in [2.75, 3.05) is 21.3 Å². The fourth-order valence-electron chi connectivity index (χ4n) is 1.64. The molecule has 17 heavy (non-hydrogen) atoms. The van der Waals surface area contributed by atoms with E-state index in [0.717, 1.165) is 11.8 Å². The van der Waals surface area contributed by atoms with E-state index in [2.05, 4.69) is 0 Å². The van der Waals surface area contributed by atoms with Gasteiger partial charge in [0.2, 0.25) is 5.75 Å². The van der Waals surface area contributed by atoms with Gasteiger partial charge in [0.25, 0.3) is 0 Å². The van der Waals surface area contributed by atoms with E-state index in [4.69, 9.17) is 14.2 Å². The number of hydrogen-bond donors (Lipinski definition) is 0. The SMILES string of the molecule is CC=Cc1cc(OC)c(OC)c(OC)c1C=O. The van der Waals surface area contributed by atoms with Gasteiger partial charge in [-0.05, 0) is 18.6 Å². The summed E-state index contributed by atoms with van der Waals surface area (Å²) >= 11 is 0. The lowest BCUT2D eigenvalue weighted by molar-refractivity contribution is 0.111. The zero-order valence-electron chi connectivity index (χ0n) is 10.4. The summed E-state index contributed by atoms with van der Waals surface area (Å²) in [5, 5.41) is 0. The third-order valence-electron chi connectivity index (χ3n) is 2.36. The molecule has 0 N–H and O–H groups in total. The van der Waals surface area contributed by atoms with E-state index in [-0.39, 0.29) is 0 Å². The summed E-state index contributed by atoms with van der Waals surface area (Å²) < 4.78 is 15.6. The molecular formula is C13H16O4. The van der Waals surface area contributed by atoms with Crippen LogP contribution in [0.3, 0.4) is 0 Å². The van der Waals surface area contributed by atoms with Crippen LogP contribution in [0.2, 0.25) is 0 Å². The van der Waals surface area contributed by atoms with Gasteiger partial charge in [-0.15, -0.1) is 0 Å². The van der Waals surface area contributed by atoms with Crippen LogP contribution >= 0.6 is 0 Å². The van der Waals surface area contributed by atoms with E-state index < -0.39 is 0 Å². The van der Waals surface area contributed by atoms with E-state index in [1.54, 1.807) is 6.07 Å². The molecule has 0 aliphatic heterocycles. The minimum absolute atomic E-state index is 0.384. The summed E-state index contributed by atoms with van der Waals surface area (Å²) in [6, 6.07) is 1.74. The Morgan fingerprint density at radius 3 is 2.12 bits per heavy atom. The molecule has 0 heterocycles. The zero-order valence-corrected chi connectivity index (χ0v) is 10.4. The second kappa shape index (κ2) is 5.94. The van der Waals surface area contributed by atoms with Crippen LogP contribution in [0.5, 0.6) is 17.2 Å². The Labute approximate surface area is 101 Å². The topological polar surface area (TPSA) is 44.8 Å². The molecule has 0 saturated heterocycles. The van der Waals surface area contributed by atoms with Crippen LogP contribution in [0.1, 0.15) is 22.8 Å². The molecule has 0 unspecified atom stereocenters. The van der Waals surface area contributed by atoms with Gasteiger partial charge >= 0.3 is 0 Å². The number of rotatable bonds is 5. The van der Waals surface area contributed by atoms with E-state index in [9.17, 15) is 4.79 Å². The second-order valence-corrected chi connectivity index (χ2v) is 3.27. The van der Waals surface area contributed by atoms with Crippen molar-refractivity contribution in [1.82, 2.24) is 0 Å². The number of ether oxygens (including phenoxy) is 3. The number of aldehydes is 1. The largest absolute Gasteiger partial charge is 0.493 e. The van der Waals surface area contributed by atoms with Crippen LogP contribution in [0.4, 0.5) is 0 Å². The highest BCUT2D eigenvalue weighted by Gasteiger charge is 2.18. The molecule has 92 valence electrons. The van der Waals surface area contributed by atoms with Crippen LogP contribution in [-0.4, -0.2) is 27.6 Å². The van der Waals surface area contributed by atoms with Gasteiger partial charge < -0.3 is 14.2 Å². The summed E-state index contributed by atoms with van der Waals surface area (Å²) in [5.74, 6) is 1.34. The molecule has 0 aliphatic carbocycles. The Morgan fingerprint density at radius 2 is 1.71 bits per heavy atom. The highest BCUT2D eigenvalue weighted by atomic mass is 16.5. The highest BCUT2D eigenvalue weighted by molar-refractivity contribution is 5.88. The Morgan fingerprint density at radius 1 is 1.06 bits per heavy atom. The fraction of sp³-hybridized carbons (Fsp3) is 0.308. The highest BCUT2D eigenvalue weighted by Crippen LogP contribution is 2.41. The zero-order chi connectivity index (χ0) is 12.8. The molecule has 0 amide bonds. The third kappa shape index (κ3) is 2.41. The lowest BCUT2D eigenvalue weighted by Gasteiger charge is -2.15. The first-order valence-corrected chi connectivity index (χ1v) is 5.14. The normalized spacial score (nSPS) is 10.4. The third-order valence-corrected chi connectivity index (χ3v) is 2.36. The van der Waals surface area contributed by atoms with E-state index in [1.165, 1.54) is 21.3 Å². The van der Waals surface area contributed by atoms with Gasteiger partial charge in [-0.1, -0.05) is 12.2 Å². The molecule has 0 spiro atoms. The lowest BCUT2D eigenvalue weighted by atomic mass is 10.1. The summed E-state index contributed by atoms with van der Waals surface area (Å²) in [6.07, 6.45) is 4.40. The predicted octanol–water partition coefficient (Wildman–Crippen LogP) is 2.56. The maximum Gasteiger partial charge on any atom is 0.204 e. The Kier molecular flexibility index (Phi) is 4.57. The van der Waals surface area contributed by atoms with Crippen molar-refractivity contribution in [3.8, 4) is 17.2 Å². The maximum absolute atomic E-state index is 11.1. The van der Waals surface area contributed by atoms with Gasteiger partial charge in [-0.25, -0.2) is 0 Å². The van der Waals surface area contributed by atoms with Crippen LogP contribution < -0.4 is 14.2 Å². The number of carbonyl (C=O) groups is 1. The average molecular weight is 236 g/mol. The van der Waals surface area contributed by atoms with Gasteiger partial charge in [0, 0.05) is 0 Å². The van der Waals surface area contributed by atoms with Crippen molar-refractivity contribution >= 4 is 12.4 Å². The van der Waals surface area contributed by atoms with Crippen molar-refractivity contribution in [3.05, 3.63) is 23.3 Å². The first-order valence-electron chi connectivity index (χ1n) is 5.14. The monoisotopic (exact) mass is 236 g/mol. The van der Waals surface area contributed by atoms with Crippen molar-refractivity contribution in [1.29, 1.82) is 0 Å². The van der Waals surface area contributed by atoms with E-state index in [1.807, 2.05) is 19.1 Å². The van der Waals surface area contributed by atoms with Crippen LogP contribution in [0, 0.1) is 0 Å². The first-order chi connectivity index (χ1) is 8.23. The van der Waals surface area contributed by atoms with Crippen molar-refractivity contribution < 1.29 is 19.0 Å². The molecule has 0 atom stereocenters. The first kappa shape index (κ1) is 13.1. The van der Waals surface area contributed by atoms with Crippen molar-refractivity contribution in [2.24, 2.45) is 0 Å². The summed E-state index contributed by atoms with van der Waals surface area (Å²) in [6.45, 7) is 1.87. The Bertz CT molecular complexity index is 436. The molecule has 0 saturated carbocycles. The number of methoxy groups -OCH3 is 3. The Balaban J connectivity index is 3.59. The fourth-order valence-corrected chi connectivity index (χ4v) is 1.64. The molecule has 4 heteroatoms. The van der Waals surface area contributed by atoms with Gasteiger partial charge in [-0.2, -0.15) is 0 Å². The number of benzene rings is 1. The predicted molar refractivity (Wildman–Crippen MR) is 66.2 cm³/mol. The smallest absolute Gasteiger partial charge is 0.204 e. The van der Waals surface area contributed by atoms with E-state index in [0.29, 0.717) is 22.8 Å². The number of carbonyl (C=O) groups excluding carboxylic acids is 1. The molecule has 1 rings (SSSR count). The maximum atomic E-state index is 11.1. The molecular weight excluding hydrogens is 220 g/mol. The van der Waals surface area contributed by atoms with Gasteiger partial charge in [0.1, 0.15) is 0 Å². The van der Waals surface area contributed by atoms with Gasteiger partial charge in [-0.3, -0.25) is 4.79 Å². The van der Waals surface area contributed by atoms with E-state index >= 15 is 0 Å². The van der Waals surface area contributed by atoms with Gasteiger partial charge in [0.05, 0.1) is 26.9 Å². The van der Waals surface area contributed by atoms with Crippen LogP contribution in [-0.2, 0) is 0 Å². The van der Waals surface area contributed by atoms with Crippen LogP contribution in [0.25, 0.3) is 6.08 Å². The molecule has 1 aromatic rings. The lowest BCUT2D eigenvalue weighted by Crippen LogP contribution is -2.00. The number of hydrogen-bond acceptors (Lipinski definition) is 4. The summed E-state index contributed by atoms with van der Waals surface area (Å²) in [5.41, 5.74) is 1.18. The summed E-state index contributed by atoms with van der Waals surface area (Å²) in [7, 11) is 4.53. The second-order valence-electron chi connectivity index (χ2n) is 3.27. The molecule has 0 aliphatic rings. The van der Waals surface area contributed by atoms with Crippen molar-refractivity contribution in [3.63, 3.8) is 0 Å². The summed E-state index contributed by atoms with van der Waals surface area (Å²) in [4.78, 5) is 11.1. The molecule has 4 nitrogen and oxygen atoms in total.